The second kappa shape index (κ2) is 5.98. The van der Waals surface area contributed by atoms with Crippen LogP contribution in [0.5, 0.6) is 0 Å². The highest BCUT2D eigenvalue weighted by Crippen LogP contribution is 2.23. The largest absolute Gasteiger partial charge is 0.409 e. The van der Waals surface area contributed by atoms with Crippen LogP contribution in [0.4, 0.5) is 5.69 Å². The molecule has 0 atom stereocenters. The lowest BCUT2D eigenvalue weighted by molar-refractivity contribution is 0.318. The van der Waals surface area contributed by atoms with Gasteiger partial charge in [0.05, 0.1) is 5.69 Å². The van der Waals surface area contributed by atoms with Crippen molar-refractivity contribution >= 4 is 33.1 Å². The quantitative estimate of drug-likeness (QED) is 0.341. The number of amidine groups is 1. The number of sulfonamides is 1. The van der Waals surface area contributed by atoms with Crippen LogP contribution < -0.4 is 10.5 Å². The van der Waals surface area contributed by atoms with E-state index in [0.29, 0.717) is 5.02 Å². The van der Waals surface area contributed by atoms with Gasteiger partial charge in [-0.3, -0.25) is 9.71 Å². The molecule has 0 radical (unpaired) electrons. The summed E-state index contributed by atoms with van der Waals surface area (Å²) >= 11 is 5.85. The molecule has 7 nitrogen and oxygen atoms in total. The number of rotatable bonds is 4. The van der Waals surface area contributed by atoms with Gasteiger partial charge in [-0.2, -0.15) is 0 Å². The lowest BCUT2D eigenvalue weighted by atomic mass is 10.1. The predicted octanol–water partition coefficient (Wildman–Crippen LogP) is 1.63. The third-order valence-corrected chi connectivity index (χ3v) is 4.14. The highest BCUT2D eigenvalue weighted by Gasteiger charge is 2.17. The van der Waals surface area contributed by atoms with E-state index in [1.165, 1.54) is 42.7 Å². The number of nitrogens with zero attached hydrogens (tertiary/aromatic N) is 2. The van der Waals surface area contributed by atoms with Gasteiger partial charge in [-0.15, -0.1) is 0 Å². The number of nitrogens with two attached hydrogens (primary N) is 1. The van der Waals surface area contributed by atoms with Gasteiger partial charge < -0.3 is 10.9 Å². The maximum absolute atomic E-state index is 12.2. The molecular weight excluding hydrogens is 316 g/mol. The van der Waals surface area contributed by atoms with Gasteiger partial charge in [0, 0.05) is 23.0 Å². The number of aromatic nitrogens is 1. The van der Waals surface area contributed by atoms with E-state index in [2.05, 4.69) is 14.9 Å². The highest BCUT2D eigenvalue weighted by molar-refractivity contribution is 7.92. The zero-order valence-electron chi connectivity index (χ0n) is 10.6. The van der Waals surface area contributed by atoms with Crippen molar-refractivity contribution in [2.45, 2.75) is 4.90 Å². The number of benzene rings is 1. The minimum Gasteiger partial charge on any atom is -0.409 e. The van der Waals surface area contributed by atoms with E-state index in [0.717, 1.165) is 0 Å². The maximum Gasteiger partial charge on any atom is 0.263 e. The van der Waals surface area contributed by atoms with E-state index >= 15 is 0 Å². The zero-order chi connectivity index (χ0) is 15.5. The Bertz CT molecular complexity index is 778. The number of halogens is 1. The van der Waals surface area contributed by atoms with Crippen molar-refractivity contribution in [2.75, 3.05) is 4.72 Å². The summed E-state index contributed by atoms with van der Waals surface area (Å²) < 4.78 is 26.8. The molecule has 0 amide bonds. The Morgan fingerprint density at radius 2 is 2.14 bits per heavy atom. The number of hydrogen-bond donors (Lipinski definition) is 3. The summed E-state index contributed by atoms with van der Waals surface area (Å²) in [5, 5.41) is 11.9. The summed E-state index contributed by atoms with van der Waals surface area (Å²) in [5.74, 6) is -0.240. The fourth-order valence-electron chi connectivity index (χ4n) is 1.59. The summed E-state index contributed by atoms with van der Waals surface area (Å²) in [5.41, 5.74) is 5.81. The number of oxime groups is 1. The summed E-state index contributed by atoms with van der Waals surface area (Å²) in [7, 11) is -3.86. The first-order valence-corrected chi connectivity index (χ1v) is 7.50. The van der Waals surface area contributed by atoms with Crippen LogP contribution in [0.2, 0.25) is 5.02 Å². The van der Waals surface area contributed by atoms with Gasteiger partial charge in [0.2, 0.25) is 0 Å². The first-order valence-electron chi connectivity index (χ1n) is 5.64. The van der Waals surface area contributed by atoms with E-state index in [1.807, 2.05) is 0 Å². The molecule has 0 saturated heterocycles. The topological polar surface area (TPSA) is 118 Å². The van der Waals surface area contributed by atoms with Crippen LogP contribution in [-0.2, 0) is 10.0 Å². The van der Waals surface area contributed by atoms with Crippen LogP contribution in [0.15, 0.2) is 52.8 Å². The van der Waals surface area contributed by atoms with Crippen molar-refractivity contribution in [3.05, 3.63) is 53.3 Å². The third kappa shape index (κ3) is 3.41. The van der Waals surface area contributed by atoms with E-state index in [4.69, 9.17) is 22.5 Å². The summed E-state index contributed by atoms with van der Waals surface area (Å²) in [6.07, 6.45) is 2.66. The third-order valence-electron chi connectivity index (χ3n) is 2.55. The molecule has 110 valence electrons. The SMILES string of the molecule is NC(=NO)c1ccc(Cl)cc1NS(=O)(=O)c1cccnc1. The summed E-state index contributed by atoms with van der Waals surface area (Å²) in [6, 6.07) is 7.19. The Morgan fingerprint density at radius 1 is 1.38 bits per heavy atom. The number of anilines is 1. The number of hydrogen-bond acceptors (Lipinski definition) is 5. The Balaban J connectivity index is 2.46. The molecule has 2 rings (SSSR count). The van der Waals surface area contributed by atoms with Gasteiger partial charge in [0.25, 0.3) is 10.0 Å². The second-order valence-electron chi connectivity index (χ2n) is 3.97. The highest BCUT2D eigenvalue weighted by atomic mass is 35.5. The van der Waals surface area contributed by atoms with Crippen LogP contribution >= 0.6 is 11.6 Å². The van der Waals surface area contributed by atoms with E-state index in [1.54, 1.807) is 0 Å². The van der Waals surface area contributed by atoms with Crippen LogP contribution in [0.1, 0.15) is 5.56 Å². The molecule has 0 aliphatic rings. The zero-order valence-corrected chi connectivity index (χ0v) is 12.1. The van der Waals surface area contributed by atoms with Gasteiger partial charge in [0.15, 0.2) is 5.84 Å². The first kappa shape index (κ1) is 15.1. The molecule has 1 aromatic carbocycles. The van der Waals surface area contributed by atoms with Crippen LogP contribution in [0.3, 0.4) is 0 Å². The Kier molecular flexibility index (Phi) is 4.29. The minimum atomic E-state index is -3.86. The lowest BCUT2D eigenvalue weighted by Crippen LogP contribution is -2.19. The molecule has 4 N–H and O–H groups in total. The molecule has 0 saturated carbocycles. The smallest absolute Gasteiger partial charge is 0.263 e. The van der Waals surface area contributed by atoms with Crippen LogP contribution in [0, 0.1) is 0 Å². The molecule has 0 aliphatic heterocycles. The predicted molar refractivity (Wildman–Crippen MR) is 79.0 cm³/mol. The Hall–Kier alpha value is -2.32. The van der Waals surface area contributed by atoms with Gasteiger partial charge in [-0.25, -0.2) is 8.42 Å². The fraction of sp³-hybridized carbons (Fsp3) is 0. The molecule has 1 heterocycles. The normalized spacial score (nSPS) is 12.1. The second-order valence-corrected chi connectivity index (χ2v) is 6.09. The Morgan fingerprint density at radius 3 is 2.76 bits per heavy atom. The van der Waals surface area contributed by atoms with E-state index in [9.17, 15) is 8.42 Å². The average Bonchev–Trinajstić information content (AvgIpc) is 2.47. The molecule has 21 heavy (non-hydrogen) atoms. The van der Waals surface area contributed by atoms with Gasteiger partial charge in [-0.05, 0) is 30.3 Å². The van der Waals surface area contributed by atoms with Crippen molar-refractivity contribution in [2.24, 2.45) is 10.9 Å². The molecule has 9 heteroatoms. The number of pyridine rings is 1. The first-order chi connectivity index (χ1) is 9.94. The molecule has 2 aromatic rings. The molecule has 0 spiro atoms. The van der Waals surface area contributed by atoms with E-state index < -0.39 is 10.0 Å². The molecule has 0 bridgehead atoms. The number of nitrogens with one attached hydrogen (secondary N) is 1. The average molecular weight is 327 g/mol. The van der Waals surface area contributed by atoms with Crippen molar-refractivity contribution in [1.82, 2.24) is 4.98 Å². The minimum absolute atomic E-state index is 0.0181. The maximum atomic E-state index is 12.2. The monoisotopic (exact) mass is 326 g/mol. The lowest BCUT2D eigenvalue weighted by Gasteiger charge is -2.12. The van der Waals surface area contributed by atoms with Crippen LogP contribution in [0.25, 0.3) is 0 Å². The Labute approximate surface area is 126 Å². The molecular formula is C12H11ClN4O3S. The standard InChI is InChI=1S/C12H11ClN4O3S/c13-8-3-4-10(12(14)16-18)11(6-8)17-21(19,20)9-2-1-5-15-7-9/h1-7,17-18H,(H2,14,16). The molecule has 0 unspecified atom stereocenters. The van der Waals surface area contributed by atoms with Crippen LogP contribution in [-0.4, -0.2) is 24.4 Å². The van der Waals surface area contributed by atoms with Crippen molar-refractivity contribution in [3.63, 3.8) is 0 Å². The van der Waals surface area contributed by atoms with Gasteiger partial charge >= 0.3 is 0 Å². The van der Waals surface area contributed by atoms with Crippen molar-refractivity contribution < 1.29 is 13.6 Å². The molecule has 1 aromatic heterocycles. The molecule has 0 fully saturated rings. The molecule has 0 aliphatic carbocycles. The van der Waals surface area contributed by atoms with Gasteiger partial charge in [-0.1, -0.05) is 16.8 Å². The summed E-state index contributed by atoms with van der Waals surface area (Å²) in [4.78, 5) is 3.73. The fourth-order valence-corrected chi connectivity index (χ4v) is 2.79. The van der Waals surface area contributed by atoms with Crippen molar-refractivity contribution in [1.29, 1.82) is 0 Å². The van der Waals surface area contributed by atoms with E-state index in [-0.39, 0.29) is 22.0 Å². The van der Waals surface area contributed by atoms with Gasteiger partial charge in [0.1, 0.15) is 4.90 Å². The summed E-state index contributed by atoms with van der Waals surface area (Å²) in [6.45, 7) is 0. The van der Waals surface area contributed by atoms with Crippen molar-refractivity contribution in [3.8, 4) is 0 Å².